The van der Waals surface area contributed by atoms with Gasteiger partial charge in [-0.25, -0.2) is 22.8 Å². The Kier molecular flexibility index (Phi) is 9.06. The molecule has 3 heterocycles. The Hall–Kier alpha value is -3.91. The van der Waals surface area contributed by atoms with Crippen molar-refractivity contribution in [3.63, 3.8) is 0 Å². The molecule has 0 bridgehead atoms. The topological polar surface area (TPSA) is 133 Å². The van der Waals surface area contributed by atoms with E-state index < -0.39 is 26.6 Å². The van der Waals surface area contributed by atoms with Crippen LogP contribution < -0.4 is 10.6 Å². The number of aromatic nitrogens is 3. The molecule has 0 radical (unpaired) electrons. The number of sulfone groups is 1. The Bertz CT molecular complexity index is 1740. The molecule has 0 saturated carbocycles. The van der Waals surface area contributed by atoms with Gasteiger partial charge in [0.15, 0.2) is 15.7 Å². The number of amides is 1. The number of hydrogen-bond donors (Lipinski definition) is 3. The molecule has 1 aliphatic rings. The number of benzene rings is 2. The largest absolute Gasteiger partial charge is 0.383 e. The first kappa shape index (κ1) is 30.5. The number of ether oxygens (including phenoxy) is 1. The van der Waals surface area contributed by atoms with Crippen molar-refractivity contribution in [3.05, 3.63) is 60.2 Å². The third-order valence-electron chi connectivity index (χ3n) is 7.63. The van der Waals surface area contributed by atoms with Gasteiger partial charge in [0.25, 0.3) is 0 Å². The quantitative estimate of drug-likeness (QED) is 0.259. The summed E-state index contributed by atoms with van der Waals surface area (Å²) in [5, 5.41) is 6.75. The number of methoxy groups -OCH3 is 1. The van der Waals surface area contributed by atoms with Crippen molar-refractivity contribution in [1.29, 1.82) is 0 Å². The van der Waals surface area contributed by atoms with Crippen molar-refractivity contribution in [2.45, 2.75) is 24.3 Å². The summed E-state index contributed by atoms with van der Waals surface area (Å²) in [5.74, 6) is -0.935. The second kappa shape index (κ2) is 12.8. The van der Waals surface area contributed by atoms with Gasteiger partial charge in [0, 0.05) is 56.3 Å². The predicted molar refractivity (Wildman–Crippen MR) is 165 cm³/mol. The number of hydrogen-bond acceptors (Lipinski definition) is 9. The number of nitrogens with zero attached hydrogens (tertiary/aromatic N) is 4. The van der Waals surface area contributed by atoms with E-state index in [4.69, 9.17) is 4.74 Å². The molecule has 2 aromatic heterocycles. The highest BCUT2D eigenvalue weighted by Crippen LogP contribution is 2.34. The molecule has 2 aromatic carbocycles. The molecule has 11 nitrogen and oxygen atoms in total. The monoisotopic (exact) mass is 609 g/mol. The van der Waals surface area contributed by atoms with Crippen LogP contribution >= 0.6 is 0 Å². The van der Waals surface area contributed by atoms with Crippen molar-refractivity contribution >= 4 is 44.0 Å². The smallest absolute Gasteiger partial charge is 0.244 e. The fourth-order valence-electron chi connectivity index (χ4n) is 5.34. The molecule has 1 atom stereocenters. The molecule has 1 aliphatic heterocycles. The van der Waals surface area contributed by atoms with Gasteiger partial charge in [-0.05, 0) is 50.7 Å². The van der Waals surface area contributed by atoms with Crippen LogP contribution in [0.2, 0.25) is 0 Å². The number of para-hydroxylation sites is 1. The van der Waals surface area contributed by atoms with Crippen molar-refractivity contribution in [2.24, 2.45) is 0 Å². The Morgan fingerprint density at radius 1 is 1.14 bits per heavy atom. The summed E-state index contributed by atoms with van der Waals surface area (Å²) in [5.41, 5.74) is 3.45. The molecule has 43 heavy (non-hydrogen) atoms. The predicted octanol–water partition coefficient (Wildman–Crippen LogP) is 3.81. The number of fused-ring (bicyclic) bond motifs is 1. The van der Waals surface area contributed by atoms with Gasteiger partial charge in [-0.1, -0.05) is 18.2 Å². The van der Waals surface area contributed by atoms with Crippen molar-refractivity contribution in [1.82, 2.24) is 24.8 Å². The molecule has 4 aromatic rings. The van der Waals surface area contributed by atoms with Gasteiger partial charge >= 0.3 is 0 Å². The molecule has 0 aliphatic carbocycles. The lowest BCUT2D eigenvalue weighted by Crippen LogP contribution is -2.48. The summed E-state index contributed by atoms with van der Waals surface area (Å²) in [7, 11) is -0.0642. The van der Waals surface area contributed by atoms with E-state index in [1.807, 2.05) is 31.3 Å². The van der Waals surface area contributed by atoms with Crippen molar-refractivity contribution in [2.75, 3.05) is 63.8 Å². The number of rotatable bonds is 9. The number of H-pyrrole nitrogens is 1. The molecule has 0 spiro atoms. The number of anilines is 3. The van der Waals surface area contributed by atoms with E-state index in [2.05, 4.69) is 42.4 Å². The maximum absolute atomic E-state index is 15.0. The number of nitrogens with one attached hydrogen (secondary N) is 3. The van der Waals surface area contributed by atoms with Crippen LogP contribution in [0.15, 0.2) is 53.7 Å². The fraction of sp³-hybridized carbons (Fsp3) is 0.367. The zero-order chi connectivity index (χ0) is 30.7. The average molecular weight is 610 g/mol. The fourth-order valence-corrected chi connectivity index (χ4v) is 6.10. The van der Waals surface area contributed by atoms with Gasteiger partial charge in [-0.15, -0.1) is 0 Å². The Balaban J connectivity index is 1.43. The second-order valence-electron chi connectivity index (χ2n) is 10.8. The first-order valence-corrected chi connectivity index (χ1v) is 15.9. The molecule has 228 valence electrons. The highest BCUT2D eigenvalue weighted by molar-refractivity contribution is 7.90. The van der Waals surface area contributed by atoms with Crippen LogP contribution in [0.25, 0.3) is 22.2 Å². The summed E-state index contributed by atoms with van der Waals surface area (Å²) in [6.45, 7) is 5.61. The Labute approximate surface area is 250 Å². The summed E-state index contributed by atoms with van der Waals surface area (Å²) < 4.78 is 44.3. The van der Waals surface area contributed by atoms with E-state index in [1.165, 1.54) is 18.2 Å². The van der Waals surface area contributed by atoms with Crippen LogP contribution in [-0.2, 0) is 19.4 Å². The summed E-state index contributed by atoms with van der Waals surface area (Å²) in [4.78, 5) is 29.8. The van der Waals surface area contributed by atoms with Crippen LogP contribution in [0.5, 0.6) is 0 Å². The van der Waals surface area contributed by atoms with E-state index in [0.29, 0.717) is 11.4 Å². The molecule has 1 saturated heterocycles. The summed E-state index contributed by atoms with van der Waals surface area (Å²) in [6.07, 6.45) is 5.35. The molecular weight excluding hydrogens is 573 g/mol. The van der Waals surface area contributed by atoms with E-state index in [0.717, 1.165) is 60.9 Å². The molecule has 1 fully saturated rings. The zero-order valence-corrected chi connectivity index (χ0v) is 25.5. The SMILES string of the molecule is COCC(C(=O)Nc1cccc2c(-c3nc(Nc4cccc(S(C)(=O)=O)c4F)ncc3C)c[nH]c12)N1CCCN(C)CC1. The number of likely N-dealkylation sites (N-methyl/N-ethyl adjacent to an activating group) is 1. The van der Waals surface area contributed by atoms with Crippen LogP contribution in [0.1, 0.15) is 12.0 Å². The van der Waals surface area contributed by atoms with Crippen LogP contribution in [-0.4, -0.2) is 98.3 Å². The maximum atomic E-state index is 15.0. The normalized spacial score (nSPS) is 15.7. The lowest BCUT2D eigenvalue weighted by atomic mass is 10.1. The third-order valence-corrected chi connectivity index (χ3v) is 8.75. The molecule has 5 rings (SSSR count). The minimum atomic E-state index is -3.76. The van der Waals surface area contributed by atoms with Gasteiger partial charge in [0.1, 0.15) is 10.9 Å². The number of aryl methyl sites for hydroxylation is 1. The van der Waals surface area contributed by atoms with Crippen LogP contribution in [0.3, 0.4) is 0 Å². The highest BCUT2D eigenvalue weighted by atomic mass is 32.2. The van der Waals surface area contributed by atoms with Gasteiger partial charge < -0.3 is 25.3 Å². The van der Waals surface area contributed by atoms with E-state index in [-0.39, 0.29) is 24.1 Å². The molecular formula is C30H36FN7O4S. The summed E-state index contributed by atoms with van der Waals surface area (Å²) >= 11 is 0. The lowest BCUT2D eigenvalue weighted by Gasteiger charge is -2.29. The Morgan fingerprint density at radius 3 is 2.67 bits per heavy atom. The number of carbonyl (C=O) groups is 1. The van der Waals surface area contributed by atoms with Gasteiger partial charge in [0.2, 0.25) is 11.9 Å². The number of carbonyl (C=O) groups excluding carboxylic acids is 1. The lowest BCUT2D eigenvalue weighted by molar-refractivity contribution is -0.123. The minimum Gasteiger partial charge on any atom is -0.383 e. The zero-order valence-electron chi connectivity index (χ0n) is 24.6. The molecule has 1 unspecified atom stereocenters. The van der Waals surface area contributed by atoms with Gasteiger partial charge in [0.05, 0.1) is 29.2 Å². The van der Waals surface area contributed by atoms with E-state index in [1.54, 1.807) is 13.3 Å². The molecule has 13 heteroatoms. The van der Waals surface area contributed by atoms with Gasteiger partial charge in [-0.3, -0.25) is 9.69 Å². The first-order valence-electron chi connectivity index (χ1n) is 14.0. The second-order valence-corrected chi connectivity index (χ2v) is 12.8. The average Bonchev–Trinajstić information content (AvgIpc) is 3.28. The minimum absolute atomic E-state index is 0.0525. The van der Waals surface area contributed by atoms with E-state index >= 15 is 0 Å². The maximum Gasteiger partial charge on any atom is 0.244 e. The first-order chi connectivity index (χ1) is 20.6. The standard InChI is InChI=1S/C30H36FN7O4S/c1-19-16-33-30(35-22-9-6-11-25(26(22)31)43(4,40)41)36-27(19)21-17-32-28-20(21)8-5-10-23(28)34-29(39)24(18-42-3)38-13-7-12-37(2)14-15-38/h5-6,8-11,16-17,24,32H,7,12-15,18H2,1-4H3,(H,34,39)(H,33,35,36). The van der Waals surface area contributed by atoms with E-state index in [9.17, 15) is 17.6 Å². The van der Waals surface area contributed by atoms with Crippen molar-refractivity contribution in [3.8, 4) is 11.3 Å². The summed E-state index contributed by atoms with van der Waals surface area (Å²) in [6, 6.07) is 9.30. The Morgan fingerprint density at radius 2 is 1.91 bits per heavy atom. The molecule has 3 N–H and O–H groups in total. The van der Waals surface area contributed by atoms with Crippen LogP contribution in [0.4, 0.5) is 21.7 Å². The number of halogens is 1. The highest BCUT2D eigenvalue weighted by Gasteiger charge is 2.28. The number of aromatic amines is 1. The molecule has 1 amide bonds. The van der Waals surface area contributed by atoms with Crippen molar-refractivity contribution < 1.29 is 22.3 Å². The third kappa shape index (κ3) is 6.69. The van der Waals surface area contributed by atoms with Gasteiger partial charge in [-0.2, -0.15) is 0 Å². The van der Waals surface area contributed by atoms with Crippen LogP contribution in [0, 0.1) is 12.7 Å².